The van der Waals surface area contributed by atoms with Crippen molar-refractivity contribution < 1.29 is 14.3 Å². The largest absolute Gasteiger partial charge is 0.497 e. The first-order chi connectivity index (χ1) is 15.0. The number of amides is 2. The number of benzene rings is 3. The Morgan fingerprint density at radius 2 is 1.61 bits per heavy atom. The lowest BCUT2D eigenvalue weighted by atomic mass is 10.1. The second kappa shape index (κ2) is 9.90. The fourth-order valence-corrected chi connectivity index (χ4v) is 2.89. The summed E-state index contributed by atoms with van der Waals surface area (Å²) in [4.78, 5) is 24.9. The highest BCUT2D eigenvalue weighted by Crippen LogP contribution is 2.18. The maximum Gasteiger partial charge on any atom is 0.266 e. The van der Waals surface area contributed by atoms with Crippen LogP contribution in [-0.4, -0.2) is 18.9 Å². The molecule has 0 bridgehead atoms. The number of nitrogens with one attached hydrogen (secondary N) is 2. The van der Waals surface area contributed by atoms with E-state index in [4.69, 9.17) is 4.74 Å². The number of ether oxygens (including phenoxy) is 1. The minimum Gasteiger partial charge on any atom is -0.497 e. The minimum atomic E-state index is -0.499. The molecule has 0 atom stereocenters. The molecule has 2 N–H and O–H groups in total. The van der Waals surface area contributed by atoms with Gasteiger partial charge in [-0.2, -0.15) is 5.26 Å². The SMILES string of the molecule is COc1ccc(C(=O)Nc2cccc(/C=C(\C#N)C(=O)Nc3cccc(C)c3)c2)cc1. The topological polar surface area (TPSA) is 91.2 Å². The van der Waals surface area contributed by atoms with E-state index >= 15 is 0 Å². The van der Waals surface area contributed by atoms with E-state index in [0.717, 1.165) is 5.56 Å². The molecule has 0 aliphatic carbocycles. The van der Waals surface area contributed by atoms with Crippen LogP contribution >= 0.6 is 0 Å². The zero-order valence-corrected chi connectivity index (χ0v) is 17.2. The van der Waals surface area contributed by atoms with Crippen molar-refractivity contribution in [3.63, 3.8) is 0 Å². The molecule has 0 saturated heterocycles. The molecule has 0 unspecified atom stereocenters. The Morgan fingerprint density at radius 1 is 0.935 bits per heavy atom. The highest BCUT2D eigenvalue weighted by molar-refractivity contribution is 6.10. The van der Waals surface area contributed by atoms with Crippen LogP contribution in [0.1, 0.15) is 21.5 Å². The van der Waals surface area contributed by atoms with Crippen LogP contribution < -0.4 is 15.4 Å². The third kappa shape index (κ3) is 5.81. The number of carbonyl (C=O) groups excluding carboxylic acids is 2. The van der Waals surface area contributed by atoms with Gasteiger partial charge in [-0.25, -0.2) is 0 Å². The molecule has 0 heterocycles. The highest BCUT2D eigenvalue weighted by Gasteiger charge is 2.11. The van der Waals surface area contributed by atoms with E-state index in [1.807, 2.05) is 31.2 Å². The van der Waals surface area contributed by atoms with E-state index < -0.39 is 5.91 Å². The number of aryl methyl sites for hydroxylation is 1. The predicted molar refractivity (Wildman–Crippen MR) is 121 cm³/mol. The van der Waals surface area contributed by atoms with Gasteiger partial charge in [0, 0.05) is 16.9 Å². The van der Waals surface area contributed by atoms with Gasteiger partial charge in [-0.3, -0.25) is 9.59 Å². The Kier molecular flexibility index (Phi) is 6.82. The first-order valence-corrected chi connectivity index (χ1v) is 9.54. The quantitative estimate of drug-likeness (QED) is 0.450. The van der Waals surface area contributed by atoms with Gasteiger partial charge < -0.3 is 15.4 Å². The average molecular weight is 411 g/mol. The molecule has 0 spiro atoms. The van der Waals surface area contributed by atoms with Crippen molar-refractivity contribution in [3.8, 4) is 11.8 Å². The number of hydrogen-bond acceptors (Lipinski definition) is 4. The maximum atomic E-state index is 12.5. The van der Waals surface area contributed by atoms with E-state index in [9.17, 15) is 14.9 Å². The molecule has 0 aromatic heterocycles. The smallest absolute Gasteiger partial charge is 0.266 e. The van der Waals surface area contributed by atoms with Crippen LogP contribution in [0, 0.1) is 18.3 Å². The summed E-state index contributed by atoms with van der Waals surface area (Å²) in [5.41, 5.74) is 3.22. The second-order valence-corrected chi connectivity index (χ2v) is 6.80. The Balaban J connectivity index is 1.74. The van der Waals surface area contributed by atoms with E-state index in [1.54, 1.807) is 61.7 Å². The average Bonchev–Trinajstić information content (AvgIpc) is 2.77. The van der Waals surface area contributed by atoms with Crippen molar-refractivity contribution >= 4 is 29.3 Å². The van der Waals surface area contributed by atoms with Crippen LogP contribution in [0.3, 0.4) is 0 Å². The molecule has 0 fully saturated rings. The maximum absolute atomic E-state index is 12.5. The molecule has 154 valence electrons. The lowest BCUT2D eigenvalue weighted by Gasteiger charge is -2.08. The van der Waals surface area contributed by atoms with Gasteiger partial charge in [0.05, 0.1) is 7.11 Å². The summed E-state index contributed by atoms with van der Waals surface area (Å²) >= 11 is 0. The zero-order chi connectivity index (χ0) is 22.2. The monoisotopic (exact) mass is 411 g/mol. The summed E-state index contributed by atoms with van der Waals surface area (Å²) < 4.78 is 5.10. The molecule has 0 radical (unpaired) electrons. The molecule has 0 aliphatic heterocycles. The van der Waals surface area contributed by atoms with Gasteiger partial charge in [-0.1, -0.05) is 24.3 Å². The van der Waals surface area contributed by atoms with Crippen molar-refractivity contribution in [2.24, 2.45) is 0 Å². The number of rotatable bonds is 6. The Labute approximate surface area is 180 Å². The number of anilines is 2. The number of methoxy groups -OCH3 is 1. The van der Waals surface area contributed by atoms with Crippen molar-refractivity contribution in [1.29, 1.82) is 5.26 Å². The molecular weight excluding hydrogens is 390 g/mol. The summed E-state index contributed by atoms with van der Waals surface area (Å²) in [6.07, 6.45) is 1.48. The molecule has 3 rings (SSSR count). The lowest BCUT2D eigenvalue weighted by molar-refractivity contribution is -0.112. The van der Waals surface area contributed by atoms with Crippen molar-refractivity contribution in [3.05, 3.63) is 95.1 Å². The van der Waals surface area contributed by atoms with Gasteiger partial charge in [-0.05, 0) is 72.7 Å². The predicted octanol–water partition coefficient (Wildman–Crippen LogP) is 4.80. The van der Waals surface area contributed by atoms with Gasteiger partial charge in [0.1, 0.15) is 17.4 Å². The van der Waals surface area contributed by atoms with E-state index in [-0.39, 0.29) is 11.5 Å². The molecule has 3 aromatic carbocycles. The number of carbonyl (C=O) groups is 2. The van der Waals surface area contributed by atoms with Gasteiger partial charge >= 0.3 is 0 Å². The van der Waals surface area contributed by atoms with Crippen LogP contribution in [0.2, 0.25) is 0 Å². The normalized spacial score (nSPS) is 10.7. The number of nitrogens with zero attached hydrogens (tertiary/aromatic N) is 1. The molecule has 6 heteroatoms. The van der Waals surface area contributed by atoms with Crippen molar-refractivity contribution in [1.82, 2.24) is 0 Å². The third-order valence-electron chi connectivity index (χ3n) is 4.45. The number of nitriles is 1. The van der Waals surface area contributed by atoms with E-state index in [2.05, 4.69) is 10.6 Å². The molecule has 2 amide bonds. The lowest BCUT2D eigenvalue weighted by Crippen LogP contribution is -2.13. The van der Waals surface area contributed by atoms with Crippen LogP contribution in [0.15, 0.2) is 78.4 Å². The first-order valence-electron chi connectivity index (χ1n) is 9.54. The Hall–Kier alpha value is -4.37. The third-order valence-corrected chi connectivity index (χ3v) is 4.45. The van der Waals surface area contributed by atoms with Crippen molar-refractivity contribution in [2.75, 3.05) is 17.7 Å². The van der Waals surface area contributed by atoms with Gasteiger partial charge in [0.2, 0.25) is 0 Å². The van der Waals surface area contributed by atoms with E-state index in [1.165, 1.54) is 6.08 Å². The number of hydrogen-bond donors (Lipinski definition) is 2. The summed E-state index contributed by atoms with van der Waals surface area (Å²) in [6, 6.07) is 22.9. The van der Waals surface area contributed by atoms with Gasteiger partial charge in [0.15, 0.2) is 0 Å². The summed E-state index contributed by atoms with van der Waals surface area (Å²) in [5, 5.41) is 15.0. The zero-order valence-electron chi connectivity index (χ0n) is 17.2. The van der Waals surface area contributed by atoms with E-state index in [0.29, 0.717) is 28.3 Å². The van der Waals surface area contributed by atoms with Gasteiger partial charge in [0.25, 0.3) is 11.8 Å². The standard InChI is InChI=1S/C25H21N3O3/c1-17-5-3-7-21(13-17)27-25(30)20(16-26)14-18-6-4-8-22(15-18)28-24(29)19-9-11-23(31-2)12-10-19/h3-15H,1-2H3,(H,27,30)(H,28,29)/b20-14+. The van der Waals surface area contributed by atoms with Crippen molar-refractivity contribution in [2.45, 2.75) is 6.92 Å². The summed E-state index contributed by atoms with van der Waals surface area (Å²) in [7, 11) is 1.56. The molecule has 6 nitrogen and oxygen atoms in total. The van der Waals surface area contributed by atoms with Crippen LogP contribution in [0.25, 0.3) is 6.08 Å². The fraction of sp³-hybridized carbons (Fsp3) is 0.0800. The minimum absolute atomic E-state index is 0.0415. The second-order valence-electron chi connectivity index (χ2n) is 6.80. The Bertz CT molecular complexity index is 1180. The van der Waals surface area contributed by atoms with Crippen LogP contribution in [0.4, 0.5) is 11.4 Å². The van der Waals surface area contributed by atoms with Crippen LogP contribution in [-0.2, 0) is 4.79 Å². The Morgan fingerprint density at radius 3 is 2.26 bits per heavy atom. The summed E-state index contributed by atoms with van der Waals surface area (Å²) in [5.74, 6) is -0.112. The molecule has 31 heavy (non-hydrogen) atoms. The van der Waals surface area contributed by atoms with Crippen LogP contribution in [0.5, 0.6) is 5.75 Å². The molecule has 3 aromatic rings. The fourth-order valence-electron chi connectivity index (χ4n) is 2.89. The molecule has 0 saturated carbocycles. The van der Waals surface area contributed by atoms with Gasteiger partial charge in [-0.15, -0.1) is 0 Å². The molecular formula is C25H21N3O3. The summed E-state index contributed by atoms with van der Waals surface area (Å²) in [6.45, 7) is 1.92. The first kappa shape index (κ1) is 21.3. The highest BCUT2D eigenvalue weighted by atomic mass is 16.5. The molecule has 0 aliphatic rings.